The Balaban J connectivity index is 1.71. The van der Waals surface area contributed by atoms with Crippen molar-refractivity contribution in [3.63, 3.8) is 0 Å². The molecule has 2 heterocycles. The summed E-state index contributed by atoms with van der Waals surface area (Å²) in [6.07, 6.45) is 0.693. The van der Waals surface area contributed by atoms with E-state index in [1.165, 1.54) is 0 Å². The van der Waals surface area contributed by atoms with Gasteiger partial charge in [0, 0.05) is 24.7 Å². The first-order valence-corrected chi connectivity index (χ1v) is 9.60. The molecule has 154 valence electrons. The number of carbonyl (C=O) groups excluding carboxylic acids is 1. The van der Waals surface area contributed by atoms with Gasteiger partial charge in [-0.15, -0.1) is 0 Å². The highest BCUT2D eigenvalue weighted by Crippen LogP contribution is 2.37. The molecule has 8 nitrogen and oxygen atoms in total. The van der Waals surface area contributed by atoms with E-state index in [9.17, 15) is 9.59 Å². The number of aryl methyl sites for hydroxylation is 3. The molecule has 3 N–H and O–H groups in total. The summed E-state index contributed by atoms with van der Waals surface area (Å²) in [5.41, 5.74) is 5.90. The monoisotopic (exact) mass is 405 g/mol. The van der Waals surface area contributed by atoms with Crippen LogP contribution in [0, 0.1) is 13.8 Å². The zero-order valence-corrected chi connectivity index (χ0v) is 17.1. The van der Waals surface area contributed by atoms with Crippen LogP contribution in [0.25, 0.3) is 0 Å². The summed E-state index contributed by atoms with van der Waals surface area (Å²) in [6.45, 7) is 4.48. The van der Waals surface area contributed by atoms with E-state index in [0.29, 0.717) is 12.1 Å². The van der Waals surface area contributed by atoms with E-state index >= 15 is 0 Å². The van der Waals surface area contributed by atoms with Crippen molar-refractivity contribution in [2.75, 3.05) is 10.2 Å². The highest BCUT2D eigenvalue weighted by atomic mass is 16.4. The maximum atomic E-state index is 13.5. The summed E-state index contributed by atoms with van der Waals surface area (Å²) < 4.78 is 1.77. The average molecular weight is 405 g/mol. The van der Waals surface area contributed by atoms with Crippen LogP contribution in [0.2, 0.25) is 0 Å². The first kappa shape index (κ1) is 19.5. The van der Waals surface area contributed by atoms with Crippen LogP contribution in [-0.2, 0) is 20.1 Å². The number of fused-ring (bicyclic) bond motifs is 2. The standard InChI is InChI=1S/C22H23N5O3/c1-13-4-7-19-18(8-13)25-20-17(11-24-26(20)3)12-27(19)21(28)15-5-6-16(14(2)9-15)10-23-22(29)30/h4-9,11,23,25H,10,12H2,1-3H3,(H,29,30). The maximum absolute atomic E-state index is 13.5. The molecule has 30 heavy (non-hydrogen) atoms. The summed E-state index contributed by atoms with van der Waals surface area (Å²) in [7, 11) is 1.87. The van der Waals surface area contributed by atoms with Crippen molar-refractivity contribution in [3.05, 3.63) is 70.4 Å². The van der Waals surface area contributed by atoms with Gasteiger partial charge in [0.1, 0.15) is 5.82 Å². The van der Waals surface area contributed by atoms with Crippen LogP contribution in [0.1, 0.15) is 32.6 Å². The van der Waals surface area contributed by atoms with Crippen molar-refractivity contribution < 1.29 is 14.7 Å². The van der Waals surface area contributed by atoms with Gasteiger partial charge in [-0.25, -0.2) is 4.79 Å². The number of carbonyl (C=O) groups is 2. The fourth-order valence-corrected chi connectivity index (χ4v) is 3.66. The third kappa shape index (κ3) is 3.59. The number of aromatic nitrogens is 2. The third-order valence-electron chi connectivity index (χ3n) is 5.30. The van der Waals surface area contributed by atoms with Crippen molar-refractivity contribution >= 4 is 29.2 Å². The first-order chi connectivity index (χ1) is 14.3. The SMILES string of the molecule is Cc1ccc2c(c1)Nc1c(cnn1C)CN2C(=O)c1ccc(CNC(=O)O)c(C)c1. The minimum atomic E-state index is -1.08. The maximum Gasteiger partial charge on any atom is 0.404 e. The van der Waals surface area contributed by atoms with Crippen LogP contribution >= 0.6 is 0 Å². The zero-order chi connectivity index (χ0) is 21.4. The van der Waals surface area contributed by atoms with E-state index in [1.54, 1.807) is 34.0 Å². The number of carboxylic acid groups (broad SMARTS) is 1. The number of benzene rings is 2. The molecule has 0 saturated carbocycles. The summed E-state index contributed by atoms with van der Waals surface area (Å²) in [5.74, 6) is 0.739. The second-order valence-electron chi connectivity index (χ2n) is 7.48. The molecule has 2 amide bonds. The molecule has 4 rings (SSSR count). The lowest BCUT2D eigenvalue weighted by Gasteiger charge is -2.23. The first-order valence-electron chi connectivity index (χ1n) is 9.60. The molecule has 1 aromatic heterocycles. The van der Waals surface area contributed by atoms with E-state index in [1.807, 2.05) is 39.1 Å². The van der Waals surface area contributed by atoms with Crippen LogP contribution in [0.5, 0.6) is 0 Å². The molecule has 0 saturated heterocycles. The van der Waals surface area contributed by atoms with Crippen LogP contribution in [0.15, 0.2) is 42.6 Å². The fraction of sp³-hybridized carbons (Fsp3) is 0.227. The lowest BCUT2D eigenvalue weighted by Crippen LogP contribution is -2.30. The van der Waals surface area contributed by atoms with E-state index < -0.39 is 6.09 Å². The number of anilines is 3. The third-order valence-corrected chi connectivity index (χ3v) is 5.30. The Kier molecular flexibility index (Phi) is 4.91. The predicted octanol–water partition coefficient (Wildman–Crippen LogP) is 3.71. The van der Waals surface area contributed by atoms with Gasteiger partial charge in [-0.3, -0.25) is 9.48 Å². The summed E-state index contributed by atoms with van der Waals surface area (Å²) in [5, 5.41) is 18.9. The molecule has 0 atom stereocenters. The molecule has 0 aliphatic carbocycles. The molecule has 3 aromatic rings. The Hall–Kier alpha value is -3.81. The predicted molar refractivity (Wildman–Crippen MR) is 114 cm³/mol. The lowest BCUT2D eigenvalue weighted by molar-refractivity contribution is 0.0985. The van der Waals surface area contributed by atoms with Crippen molar-refractivity contribution in [3.8, 4) is 0 Å². The minimum absolute atomic E-state index is 0.126. The van der Waals surface area contributed by atoms with Crippen LogP contribution < -0.4 is 15.5 Å². The van der Waals surface area contributed by atoms with Gasteiger partial charge in [-0.05, 0) is 54.8 Å². The zero-order valence-electron chi connectivity index (χ0n) is 17.1. The highest BCUT2D eigenvalue weighted by molar-refractivity contribution is 6.08. The van der Waals surface area contributed by atoms with Crippen molar-refractivity contribution in [1.29, 1.82) is 0 Å². The van der Waals surface area contributed by atoms with Gasteiger partial charge >= 0.3 is 6.09 Å². The van der Waals surface area contributed by atoms with E-state index in [2.05, 4.69) is 15.7 Å². The smallest absolute Gasteiger partial charge is 0.404 e. The summed E-state index contributed by atoms with van der Waals surface area (Å²) in [4.78, 5) is 26.0. The molecule has 0 radical (unpaired) electrons. The summed E-state index contributed by atoms with van der Waals surface area (Å²) in [6, 6.07) is 11.3. The molecule has 2 aromatic carbocycles. The van der Waals surface area contributed by atoms with Crippen LogP contribution in [-0.4, -0.2) is 26.9 Å². The molecule has 0 spiro atoms. The van der Waals surface area contributed by atoms with Gasteiger partial charge in [0.2, 0.25) is 0 Å². The molecule has 0 bridgehead atoms. The second-order valence-corrected chi connectivity index (χ2v) is 7.48. The highest BCUT2D eigenvalue weighted by Gasteiger charge is 2.27. The van der Waals surface area contributed by atoms with Crippen LogP contribution in [0.3, 0.4) is 0 Å². The minimum Gasteiger partial charge on any atom is -0.465 e. The number of amides is 2. The van der Waals surface area contributed by atoms with Crippen molar-refractivity contribution in [2.24, 2.45) is 7.05 Å². The number of nitrogens with one attached hydrogen (secondary N) is 2. The van der Waals surface area contributed by atoms with Crippen molar-refractivity contribution in [1.82, 2.24) is 15.1 Å². The molecule has 1 aliphatic rings. The van der Waals surface area contributed by atoms with E-state index in [4.69, 9.17) is 5.11 Å². The van der Waals surface area contributed by atoms with Gasteiger partial charge < -0.3 is 20.6 Å². The van der Waals surface area contributed by atoms with Gasteiger partial charge in [0.05, 0.1) is 24.1 Å². The second kappa shape index (κ2) is 7.55. The van der Waals surface area contributed by atoms with Crippen LogP contribution in [0.4, 0.5) is 22.0 Å². The Morgan fingerprint density at radius 2 is 2.00 bits per heavy atom. The molecule has 8 heteroatoms. The largest absolute Gasteiger partial charge is 0.465 e. The average Bonchev–Trinajstić information content (AvgIpc) is 2.95. The van der Waals surface area contributed by atoms with E-state index in [0.717, 1.165) is 39.4 Å². The fourth-order valence-electron chi connectivity index (χ4n) is 3.66. The Bertz CT molecular complexity index is 1150. The Morgan fingerprint density at radius 3 is 2.73 bits per heavy atom. The number of rotatable bonds is 3. The number of hydrogen-bond acceptors (Lipinski definition) is 4. The summed E-state index contributed by atoms with van der Waals surface area (Å²) >= 11 is 0. The normalized spacial score (nSPS) is 12.4. The lowest BCUT2D eigenvalue weighted by atomic mass is 10.0. The Morgan fingerprint density at radius 1 is 1.20 bits per heavy atom. The van der Waals surface area contributed by atoms with Gasteiger partial charge in [0.25, 0.3) is 5.91 Å². The topological polar surface area (TPSA) is 99.5 Å². The Labute approximate surface area is 174 Å². The van der Waals surface area contributed by atoms with Gasteiger partial charge in [0.15, 0.2) is 0 Å². The van der Waals surface area contributed by atoms with E-state index in [-0.39, 0.29) is 12.5 Å². The molecular weight excluding hydrogens is 382 g/mol. The van der Waals surface area contributed by atoms with Gasteiger partial charge in [-0.2, -0.15) is 5.10 Å². The number of nitrogens with zero attached hydrogens (tertiary/aromatic N) is 3. The molecular formula is C22H23N5O3. The molecule has 0 unspecified atom stereocenters. The van der Waals surface area contributed by atoms with Gasteiger partial charge in [-0.1, -0.05) is 12.1 Å². The quantitative estimate of drug-likeness (QED) is 0.617. The number of hydrogen-bond donors (Lipinski definition) is 3. The van der Waals surface area contributed by atoms with Crippen molar-refractivity contribution in [2.45, 2.75) is 26.9 Å². The molecule has 0 fully saturated rings. The molecule has 1 aliphatic heterocycles.